The van der Waals surface area contributed by atoms with Gasteiger partial charge in [-0.15, -0.1) is 0 Å². The lowest BCUT2D eigenvalue weighted by molar-refractivity contribution is 0.358. The van der Waals surface area contributed by atoms with Crippen LogP contribution in [0.15, 0.2) is 41.0 Å². The van der Waals surface area contributed by atoms with E-state index in [1.54, 1.807) is 13.2 Å². The van der Waals surface area contributed by atoms with E-state index in [9.17, 15) is 0 Å². The maximum atomic E-state index is 9.06. The van der Waals surface area contributed by atoms with Crippen LogP contribution < -0.4 is 11.1 Å². The van der Waals surface area contributed by atoms with Crippen LogP contribution in [0.3, 0.4) is 0 Å². The van der Waals surface area contributed by atoms with E-state index < -0.39 is 0 Å². The molecule has 0 aliphatic carbocycles. The summed E-state index contributed by atoms with van der Waals surface area (Å²) in [4.78, 5) is 12.5. The number of aliphatic hydroxyl groups excluding tert-OH is 1. The number of aliphatic hydroxyl groups is 1. The zero-order valence-corrected chi connectivity index (χ0v) is 11.0. The summed E-state index contributed by atoms with van der Waals surface area (Å²) in [7, 11) is 1.62. The number of hydrogen-bond donors (Lipinski definition) is 3. The molecule has 4 N–H and O–H groups in total. The number of hydrogen-bond acceptors (Lipinski definition) is 5. The third-order valence-corrected chi connectivity index (χ3v) is 2.32. The van der Waals surface area contributed by atoms with Gasteiger partial charge in [0.1, 0.15) is 5.69 Å². The number of rotatable bonds is 6. The summed E-state index contributed by atoms with van der Waals surface area (Å²) < 4.78 is 0. The molecule has 1 aromatic heterocycles. The van der Waals surface area contributed by atoms with E-state index in [-0.39, 0.29) is 6.61 Å². The highest BCUT2D eigenvalue weighted by Gasteiger charge is 2.04. The van der Waals surface area contributed by atoms with Crippen LogP contribution in [-0.2, 0) is 0 Å². The van der Waals surface area contributed by atoms with Gasteiger partial charge in [0.25, 0.3) is 0 Å². The summed E-state index contributed by atoms with van der Waals surface area (Å²) in [6.07, 6.45) is 3.18. The molecule has 0 unspecified atom stereocenters. The van der Waals surface area contributed by atoms with Crippen molar-refractivity contribution in [2.45, 2.75) is 0 Å². The largest absolute Gasteiger partial charge is 0.390 e. The van der Waals surface area contributed by atoms with Gasteiger partial charge in [-0.1, -0.05) is 6.58 Å². The Bertz CT molecular complexity index is 464. The van der Waals surface area contributed by atoms with Gasteiger partial charge < -0.3 is 16.2 Å². The fourth-order valence-corrected chi connectivity index (χ4v) is 1.35. The van der Waals surface area contributed by atoms with Crippen LogP contribution in [-0.4, -0.2) is 48.4 Å². The van der Waals surface area contributed by atoms with Gasteiger partial charge in [-0.3, -0.25) is 9.98 Å². The van der Waals surface area contributed by atoms with Crippen molar-refractivity contribution >= 4 is 17.2 Å². The quantitative estimate of drug-likeness (QED) is 0.511. The summed E-state index contributed by atoms with van der Waals surface area (Å²) in [6, 6.07) is 3.69. The van der Waals surface area contributed by atoms with Crippen LogP contribution in [0.4, 0.5) is 5.69 Å². The van der Waals surface area contributed by atoms with E-state index in [2.05, 4.69) is 26.9 Å². The fraction of sp³-hybridized carbons (Fsp3) is 0.308. The van der Waals surface area contributed by atoms with E-state index >= 15 is 0 Å². The highest BCUT2D eigenvalue weighted by Crippen LogP contribution is 2.07. The number of amidine groups is 1. The normalized spacial score (nSPS) is 12.4. The Hall–Kier alpha value is -2.05. The van der Waals surface area contributed by atoms with Gasteiger partial charge in [0.2, 0.25) is 0 Å². The zero-order chi connectivity index (χ0) is 14.1. The van der Waals surface area contributed by atoms with Gasteiger partial charge in [-0.25, -0.2) is 4.99 Å². The van der Waals surface area contributed by atoms with E-state index in [1.807, 2.05) is 12.1 Å². The number of nitrogens with zero attached hydrogens (tertiary/aromatic N) is 3. The second kappa shape index (κ2) is 8.12. The second-order valence-electron chi connectivity index (χ2n) is 3.66. The predicted octanol–water partition coefficient (Wildman–Crippen LogP) is 0.448. The Morgan fingerprint density at radius 1 is 1.58 bits per heavy atom. The Morgan fingerprint density at radius 2 is 2.37 bits per heavy atom. The molecule has 0 bridgehead atoms. The van der Waals surface area contributed by atoms with Crippen LogP contribution in [0.2, 0.25) is 0 Å². The van der Waals surface area contributed by atoms with Gasteiger partial charge in [-0.05, 0) is 18.2 Å². The van der Waals surface area contributed by atoms with Crippen molar-refractivity contribution < 1.29 is 5.11 Å². The topological polar surface area (TPSA) is 95.9 Å². The second-order valence-corrected chi connectivity index (χ2v) is 3.66. The molecule has 6 heteroatoms. The van der Waals surface area contributed by atoms with Crippen molar-refractivity contribution in [1.82, 2.24) is 4.98 Å². The average Bonchev–Trinajstić information content (AvgIpc) is 2.47. The lowest BCUT2D eigenvalue weighted by Crippen LogP contribution is -2.13. The standard InChI is InChI=1S/C13H19N5O/c1-3-10(9-19)18-13(15-2)12-5-4-11(8-17-12)16-7-6-14/h3-5,8,16,19H,1,6-7,9,14H2,2H3. The lowest BCUT2D eigenvalue weighted by atomic mass is 10.3. The zero-order valence-electron chi connectivity index (χ0n) is 11.0. The molecule has 0 aromatic carbocycles. The van der Waals surface area contributed by atoms with E-state index in [1.165, 1.54) is 6.08 Å². The van der Waals surface area contributed by atoms with Crippen molar-refractivity contribution in [2.75, 3.05) is 32.1 Å². The average molecular weight is 261 g/mol. The molecule has 0 fully saturated rings. The molecular weight excluding hydrogens is 242 g/mol. The first-order chi connectivity index (χ1) is 9.24. The number of anilines is 1. The van der Waals surface area contributed by atoms with Gasteiger partial charge in [0, 0.05) is 20.1 Å². The Labute approximate surface area is 112 Å². The van der Waals surface area contributed by atoms with Crippen LogP contribution in [0.1, 0.15) is 5.69 Å². The number of pyridine rings is 1. The molecule has 0 saturated carbocycles. The molecule has 1 aromatic rings. The van der Waals surface area contributed by atoms with Crippen molar-refractivity contribution in [3.05, 3.63) is 36.7 Å². The van der Waals surface area contributed by atoms with Crippen LogP contribution in [0.25, 0.3) is 0 Å². The maximum Gasteiger partial charge on any atom is 0.173 e. The minimum absolute atomic E-state index is 0.182. The van der Waals surface area contributed by atoms with Gasteiger partial charge in [-0.2, -0.15) is 0 Å². The highest BCUT2D eigenvalue weighted by atomic mass is 16.3. The lowest BCUT2D eigenvalue weighted by Gasteiger charge is -2.05. The van der Waals surface area contributed by atoms with Crippen LogP contribution in [0.5, 0.6) is 0 Å². The molecule has 1 rings (SSSR count). The van der Waals surface area contributed by atoms with E-state index in [4.69, 9.17) is 10.8 Å². The monoisotopic (exact) mass is 261 g/mol. The van der Waals surface area contributed by atoms with Crippen molar-refractivity contribution in [3.63, 3.8) is 0 Å². The summed E-state index contributed by atoms with van der Waals surface area (Å²) >= 11 is 0. The molecule has 0 aliphatic rings. The number of nitrogens with one attached hydrogen (secondary N) is 1. The first-order valence-corrected chi connectivity index (χ1v) is 5.93. The summed E-state index contributed by atoms with van der Waals surface area (Å²) in [5, 5.41) is 12.2. The Balaban J connectivity index is 2.89. The van der Waals surface area contributed by atoms with Gasteiger partial charge in [0.05, 0.1) is 24.2 Å². The molecule has 0 amide bonds. The molecule has 0 radical (unpaired) electrons. The minimum Gasteiger partial charge on any atom is -0.390 e. The minimum atomic E-state index is -0.182. The fourth-order valence-electron chi connectivity index (χ4n) is 1.35. The van der Waals surface area contributed by atoms with Crippen molar-refractivity contribution in [1.29, 1.82) is 0 Å². The molecule has 19 heavy (non-hydrogen) atoms. The van der Waals surface area contributed by atoms with E-state index in [0.29, 0.717) is 30.3 Å². The first-order valence-electron chi connectivity index (χ1n) is 5.93. The summed E-state index contributed by atoms with van der Waals surface area (Å²) in [5.41, 5.74) is 7.38. The van der Waals surface area contributed by atoms with Crippen LogP contribution in [0, 0.1) is 0 Å². The molecule has 1 heterocycles. The molecule has 0 atom stereocenters. The van der Waals surface area contributed by atoms with Gasteiger partial charge in [0.15, 0.2) is 5.84 Å². The molecule has 0 aliphatic heterocycles. The number of aliphatic imine (C=N–C) groups is 2. The van der Waals surface area contributed by atoms with Crippen molar-refractivity contribution in [3.8, 4) is 0 Å². The molecule has 0 saturated heterocycles. The molecule has 0 spiro atoms. The summed E-state index contributed by atoms with van der Waals surface area (Å²) in [5.74, 6) is 0.453. The Kier molecular flexibility index (Phi) is 6.42. The SMILES string of the molecule is C=CC(CO)=NC(=NC)c1ccc(NCCN)cn1. The number of nitrogens with two attached hydrogens (primary N) is 1. The van der Waals surface area contributed by atoms with Crippen LogP contribution >= 0.6 is 0 Å². The Morgan fingerprint density at radius 3 is 2.84 bits per heavy atom. The third-order valence-electron chi connectivity index (χ3n) is 2.32. The molecular formula is C13H19N5O. The molecule has 102 valence electrons. The summed E-state index contributed by atoms with van der Waals surface area (Å²) in [6.45, 7) is 4.65. The third kappa shape index (κ3) is 4.61. The van der Waals surface area contributed by atoms with E-state index in [0.717, 1.165) is 5.69 Å². The van der Waals surface area contributed by atoms with Crippen molar-refractivity contribution in [2.24, 2.45) is 15.7 Å². The van der Waals surface area contributed by atoms with Gasteiger partial charge >= 0.3 is 0 Å². The predicted molar refractivity (Wildman–Crippen MR) is 79.0 cm³/mol. The number of aromatic nitrogens is 1. The smallest absolute Gasteiger partial charge is 0.173 e. The molecule has 6 nitrogen and oxygen atoms in total. The first kappa shape index (κ1) is 15.0. The highest BCUT2D eigenvalue weighted by molar-refractivity contribution is 6.09. The maximum absolute atomic E-state index is 9.06.